The zero-order chi connectivity index (χ0) is 6.81. The average molecular weight is 136 g/mol. The Bertz CT molecular complexity index is 182. The van der Waals surface area contributed by atoms with E-state index in [1.807, 2.05) is 0 Å². The van der Waals surface area contributed by atoms with E-state index in [-0.39, 0.29) is 0 Å². The normalized spacial score (nSPS) is 30.4. The van der Waals surface area contributed by atoms with Gasteiger partial charge in [-0.05, 0) is 18.9 Å². The average Bonchev–Trinajstić information content (AvgIpc) is 2.28. The molecule has 0 bridgehead atoms. The lowest BCUT2D eigenvalue weighted by Gasteiger charge is -2.04. The maximum Gasteiger partial charge on any atom is 0.0306 e. The molecule has 1 unspecified atom stereocenters. The molecule has 0 aromatic carbocycles. The molecule has 0 aromatic heterocycles. The van der Waals surface area contributed by atoms with Gasteiger partial charge in [-0.2, -0.15) is 0 Å². The number of rotatable bonds is 0. The second-order valence-corrected chi connectivity index (χ2v) is 2.83. The van der Waals surface area contributed by atoms with Crippen LogP contribution in [0.5, 0.6) is 0 Å². The van der Waals surface area contributed by atoms with E-state index in [1.54, 1.807) is 0 Å². The third kappa shape index (κ3) is 0.948. The van der Waals surface area contributed by atoms with Crippen molar-refractivity contribution in [2.24, 2.45) is 5.92 Å². The highest BCUT2D eigenvalue weighted by atomic mass is 15.4. The molecule has 1 saturated heterocycles. The summed E-state index contributed by atoms with van der Waals surface area (Å²) >= 11 is 0. The lowest BCUT2D eigenvalue weighted by molar-refractivity contribution is 0.603. The molecule has 0 radical (unpaired) electrons. The van der Waals surface area contributed by atoms with Crippen molar-refractivity contribution in [2.75, 3.05) is 6.54 Å². The van der Waals surface area contributed by atoms with Crippen molar-refractivity contribution in [3.63, 3.8) is 0 Å². The van der Waals surface area contributed by atoms with Crippen LogP contribution < -0.4 is 10.9 Å². The van der Waals surface area contributed by atoms with Crippen molar-refractivity contribution >= 4 is 0 Å². The van der Waals surface area contributed by atoms with Crippen LogP contribution in [0.1, 0.15) is 12.8 Å². The molecule has 0 saturated carbocycles. The monoisotopic (exact) mass is 136 g/mol. The molecule has 0 spiro atoms. The minimum absolute atomic E-state index is 0.731. The van der Waals surface area contributed by atoms with E-state index in [1.165, 1.54) is 18.5 Å². The summed E-state index contributed by atoms with van der Waals surface area (Å²) in [4.78, 5) is 0. The summed E-state index contributed by atoms with van der Waals surface area (Å²) in [5.74, 6) is 0.731. The van der Waals surface area contributed by atoms with Crippen LogP contribution in [-0.2, 0) is 0 Å². The Labute approximate surface area is 61.0 Å². The molecule has 10 heavy (non-hydrogen) atoms. The summed E-state index contributed by atoms with van der Waals surface area (Å²) in [6, 6.07) is 0. The standard InChI is InChI=1S/C8H12N2/c1-2-4-7-6-9-10-8(7)5-3-1/h1,3,5,7,9-10H,2,4,6H2. The summed E-state index contributed by atoms with van der Waals surface area (Å²) in [5.41, 5.74) is 7.65. The van der Waals surface area contributed by atoms with Crippen LogP contribution in [0.4, 0.5) is 0 Å². The molecule has 2 aliphatic rings. The molecular formula is C8H12N2. The van der Waals surface area contributed by atoms with Gasteiger partial charge in [0.2, 0.25) is 0 Å². The van der Waals surface area contributed by atoms with Crippen LogP contribution in [0.2, 0.25) is 0 Å². The minimum Gasteiger partial charge on any atom is -0.325 e. The molecule has 1 fully saturated rings. The van der Waals surface area contributed by atoms with Crippen LogP contribution >= 0.6 is 0 Å². The first-order valence-electron chi connectivity index (χ1n) is 3.82. The van der Waals surface area contributed by atoms with E-state index in [2.05, 4.69) is 29.1 Å². The van der Waals surface area contributed by atoms with Crippen molar-refractivity contribution < 1.29 is 0 Å². The van der Waals surface area contributed by atoms with Crippen molar-refractivity contribution in [3.05, 3.63) is 23.9 Å². The first kappa shape index (κ1) is 5.98. The number of hydrazine groups is 1. The highest BCUT2D eigenvalue weighted by Gasteiger charge is 2.19. The van der Waals surface area contributed by atoms with Gasteiger partial charge in [-0.25, -0.2) is 5.43 Å². The Morgan fingerprint density at radius 3 is 3.50 bits per heavy atom. The summed E-state index contributed by atoms with van der Waals surface area (Å²) in [6.07, 6.45) is 9.02. The molecule has 0 aromatic rings. The van der Waals surface area contributed by atoms with E-state index in [0.29, 0.717) is 0 Å². The Morgan fingerprint density at radius 1 is 1.50 bits per heavy atom. The van der Waals surface area contributed by atoms with Crippen molar-refractivity contribution in [1.82, 2.24) is 10.9 Å². The molecule has 1 atom stereocenters. The maximum atomic E-state index is 3.16. The van der Waals surface area contributed by atoms with Gasteiger partial charge in [-0.3, -0.25) is 0 Å². The van der Waals surface area contributed by atoms with Crippen molar-refractivity contribution in [1.29, 1.82) is 0 Å². The Morgan fingerprint density at radius 2 is 2.50 bits per heavy atom. The molecule has 2 nitrogen and oxygen atoms in total. The fourth-order valence-corrected chi connectivity index (χ4v) is 1.49. The van der Waals surface area contributed by atoms with Gasteiger partial charge in [0, 0.05) is 18.2 Å². The topological polar surface area (TPSA) is 24.1 Å². The molecule has 2 heteroatoms. The van der Waals surface area contributed by atoms with Gasteiger partial charge < -0.3 is 5.43 Å². The molecule has 1 aliphatic carbocycles. The molecule has 2 rings (SSSR count). The predicted molar refractivity (Wildman–Crippen MR) is 41.1 cm³/mol. The summed E-state index contributed by atoms with van der Waals surface area (Å²) in [7, 11) is 0. The second kappa shape index (κ2) is 2.46. The van der Waals surface area contributed by atoms with Gasteiger partial charge in [-0.1, -0.05) is 12.2 Å². The summed E-state index contributed by atoms with van der Waals surface area (Å²) < 4.78 is 0. The van der Waals surface area contributed by atoms with E-state index in [0.717, 1.165) is 12.5 Å². The number of fused-ring (bicyclic) bond motifs is 1. The Balaban J connectivity index is 2.18. The van der Waals surface area contributed by atoms with Gasteiger partial charge >= 0.3 is 0 Å². The highest BCUT2D eigenvalue weighted by Crippen LogP contribution is 2.20. The van der Waals surface area contributed by atoms with Crippen LogP contribution in [-0.4, -0.2) is 6.54 Å². The Kier molecular flexibility index (Phi) is 1.47. The van der Waals surface area contributed by atoms with Crippen LogP contribution in [0.15, 0.2) is 23.9 Å². The van der Waals surface area contributed by atoms with E-state index in [4.69, 9.17) is 0 Å². The summed E-state index contributed by atoms with van der Waals surface area (Å²) in [6.45, 7) is 1.09. The van der Waals surface area contributed by atoms with E-state index < -0.39 is 0 Å². The third-order valence-corrected chi connectivity index (χ3v) is 2.11. The molecule has 2 N–H and O–H groups in total. The van der Waals surface area contributed by atoms with Crippen molar-refractivity contribution in [3.8, 4) is 0 Å². The molecular weight excluding hydrogens is 124 g/mol. The molecule has 1 aliphatic heterocycles. The largest absolute Gasteiger partial charge is 0.325 e. The Hall–Kier alpha value is -0.760. The lowest BCUT2D eigenvalue weighted by Crippen LogP contribution is -2.20. The number of hydrogen-bond acceptors (Lipinski definition) is 2. The minimum atomic E-state index is 0.731. The van der Waals surface area contributed by atoms with Gasteiger partial charge in [0.1, 0.15) is 0 Å². The van der Waals surface area contributed by atoms with Crippen molar-refractivity contribution in [2.45, 2.75) is 12.8 Å². The predicted octanol–water partition coefficient (Wildman–Crippen LogP) is 0.944. The quantitative estimate of drug-likeness (QED) is 0.518. The summed E-state index contributed by atoms with van der Waals surface area (Å²) in [5, 5.41) is 0. The third-order valence-electron chi connectivity index (χ3n) is 2.11. The number of hydrogen-bond donors (Lipinski definition) is 2. The lowest BCUT2D eigenvalue weighted by atomic mass is 10.0. The fraction of sp³-hybridized carbons (Fsp3) is 0.500. The molecule has 54 valence electrons. The van der Waals surface area contributed by atoms with Crippen LogP contribution in [0, 0.1) is 5.92 Å². The fourth-order valence-electron chi connectivity index (χ4n) is 1.49. The first-order chi connectivity index (χ1) is 4.97. The van der Waals surface area contributed by atoms with Gasteiger partial charge in [0.05, 0.1) is 0 Å². The smallest absolute Gasteiger partial charge is 0.0306 e. The van der Waals surface area contributed by atoms with Crippen LogP contribution in [0.3, 0.4) is 0 Å². The second-order valence-electron chi connectivity index (χ2n) is 2.83. The molecule has 0 amide bonds. The zero-order valence-corrected chi connectivity index (χ0v) is 5.93. The van der Waals surface area contributed by atoms with Gasteiger partial charge in [0.15, 0.2) is 0 Å². The van der Waals surface area contributed by atoms with E-state index >= 15 is 0 Å². The number of allylic oxidation sites excluding steroid dienone is 3. The number of nitrogens with one attached hydrogen (secondary N) is 2. The molecule has 1 heterocycles. The van der Waals surface area contributed by atoms with Crippen LogP contribution in [0.25, 0.3) is 0 Å². The SMILES string of the molecule is C1=CCCC2CNNC2=C1. The first-order valence-corrected chi connectivity index (χ1v) is 3.82. The zero-order valence-electron chi connectivity index (χ0n) is 5.93. The van der Waals surface area contributed by atoms with Gasteiger partial charge in [-0.15, -0.1) is 0 Å². The van der Waals surface area contributed by atoms with Gasteiger partial charge in [0.25, 0.3) is 0 Å². The highest BCUT2D eigenvalue weighted by molar-refractivity contribution is 5.18. The maximum absolute atomic E-state index is 3.16. The van der Waals surface area contributed by atoms with E-state index in [9.17, 15) is 0 Å².